The van der Waals surface area contributed by atoms with E-state index >= 15 is 0 Å². The molecule has 0 aliphatic carbocycles. The van der Waals surface area contributed by atoms with Crippen LogP contribution in [-0.2, 0) is 9.59 Å². The number of ketones is 1. The number of rotatable bonds is 9. The van der Waals surface area contributed by atoms with E-state index in [4.69, 9.17) is 4.74 Å². The minimum absolute atomic E-state index is 0.0460. The SMILES string of the molecule is CCNC(=O)COc1cccc(NC(=O)CCC(=O)c2cc(C)ccc2C)c1. The van der Waals surface area contributed by atoms with Gasteiger partial charge in [-0.1, -0.05) is 23.8 Å². The number of aryl methyl sites for hydroxylation is 2. The van der Waals surface area contributed by atoms with Gasteiger partial charge in [0.2, 0.25) is 5.91 Å². The zero-order valence-electron chi connectivity index (χ0n) is 16.5. The molecule has 2 amide bonds. The van der Waals surface area contributed by atoms with Crippen LogP contribution in [0.3, 0.4) is 0 Å². The van der Waals surface area contributed by atoms with Gasteiger partial charge in [-0.2, -0.15) is 0 Å². The van der Waals surface area contributed by atoms with Crippen molar-refractivity contribution >= 4 is 23.3 Å². The van der Waals surface area contributed by atoms with E-state index in [2.05, 4.69) is 10.6 Å². The molecule has 2 N–H and O–H groups in total. The fourth-order valence-electron chi connectivity index (χ4n) is 2.68. The summed E-state index contributed by atoms with van der Waals surface area (Å²) in [5, 5.41) is 5.40. The Balaban J connectivity index is 1.87. The normalized spacial score (nSPS) is 10.2. The summed E-state index contributed by atoms with van der Waals surface area (Å²) in [5.74, 6) is -0.0210. The Hall–Kier alpha value is -3.15. The van der Waals surface area contributed by atoms with Gasteiger partial charge in [0.15, 0.2) is 12.4 Å². The van der Waals surface area contributed by atoms with Crippen LogP contribution in [0.1, 0.15) is 41.3 Å². The van der Waals surface area contributed by atoms with E-state index in [0.717, 1.165) is 11.1 Å². The Morgan fingerprint density at radius 3 is 2.50 bits per heavy atom. The van der Waals surface area contributed by atoms with Gasteiger partial charge >= 0.3 is 0 Å². The van der Waals surface area contributed by atoms with Gasteiger partial charge in [-0.3, -0.25) is 14.4 Å². The third kappa shape index (κ3) is 6.54. The van der Waals surface area contributed by atoms with E-state index in [1.165, 1.54) is 0 Å². The summed E-state index contributed by atoms with van der Waals surface area (Å²) >= 11 is 0. The van der Waals surface area contributed by atoms with Crippen molar-refractivity contribution in [3.05, 3.63) is 59.2 Å². The Bertz CT molecular complexity index is 861. The number of likely N-dealkylation sites (N-methyl/N-ethyl adjacent to an activating group) is 1. The lowest BCUT2D eigenvalue weighted by atomic mass is 9.99. The summed E-state index contributed by atoms with van der Waals surface area (Å²) in [6.07, 6.45) is 0.236. The third-order valence-electron chi connectivity index (χ3n) is 4.13. The highest BCUT2D eigenvalue weighted by molar-refractivity contribution is 6.01. The second-order valence-electron chi connectivity index (χ2n) is 6.56. The number of amides is 2. The summed E-state index contributed by atoms with van der Waals surface area (Å²) in [7, 11) is 0. The summed E-state index contributed by atoms with van der Waals surface area (Å²) in [6, 6.07) is 12.5. The zero-order valence-corrected chi connectivity index (χ0v) is 16.5. The molecule has 28 heavy (non-hydrogen) atoms. The van der Waals surface area contributed by atoms with Gasteiger partial charge in [0.05, 0.1) is 0 Å². The largest absolute Gasteiger partial charge is 0.484 e. The van der Waals surface area contributed by atoms with E-state index in [1.54, 1.807) is 24.3 Å². The van der Waals surface area contributed by atoms with E-state index in [1.807, 2.05) is 39.0 Å². The van der Waals surface area contributed by atoms with Crippen molar-refractivity contribution in [1.82, 2.24) is 5.32 Å². The lowest BCUT2D eigenvalue weighted by molar-refractivity contribution is -0.123. The number of benzene rings is 2. The molecule has 0 aliphatic rings. The molecule has 2 rings (SSSR count). The molecule has 0 heterocycles. The number of carbonyl (C=O) groups excluding carboxylic acids is 3. The molecule has 6 heteroatoms. The molecule has 2 aromatic rings. The second-order valence-corrected chi connectivity index (χ2v) is 6.56. The highest BCUT2D eigenvalue weighted by Gasteiger charge is 2.12. The molecular weight excluding hydrogens is 356 g/mol. The van der Waals surface area contributed by atoms with Crippen molar-refractivity contribution < 1.29 is 19.1 Å². The van der Waals surface area contributed by atoms with Crippen LogP contribution in [0.2, 0.25) is 0 Å². The van der Waals surface area contributed by atoms with Gasteiger partial charge < -0.3 is 15.4 Å². The molecule has 6 nitrogen and oxygen atoms in total. The van der Waals surface area contributed by atoms with Crippen LogP contribution in [0.4, 0.5) is 5.69 Å². The zero-order chi connectivity index (χ0) is 20.5. The maximum Gasteiger partial charge on any atom is 0.257 e. The highest BCUT2D eigenvalue weighted by Crippen LogP contribution is 2.18. The number of nitrogens with one attached hydrogen (secondary N) is 2. The first-order chi connectivity index (χ1) is 13.4. The van der Waals surface area contributed by atoms with Gasteiger partial charge in [-0.25, -0.2) is 0 Å². The Kier molecular flexibility index (Phi) is 7.75. The fraction of sp³-hybridized carbons (Fsp3) is 0.318. The first-order valence-electron chi connectivity index (χ1n) is 9.29. The van der Waals surface area contributed by atoms with Crippen molar-refractivity contribution in [3.8, 4) is 5.75 Å². The molecule has 0 bridgehead atoms. The molecule has 0 spiro atoms. The molecule has 0 fully saturated rings. The lowest BCUT2D eigenvalue weighted by Gasteiger charge is -2.10. The average molecular weight is 382 g/mol. The average Bonchev–Trinajstić information content (AvgIpc) is 2.67. The number of ether oxygens (including phenoxy) is 1. The lowest BCUT2D eigenvalue weighted by Crippen LogP contribution is -2.28. The van der Waals surface area contributed by atoms with Crippen LogP contribution in [0.25, 0.3) is 0 Å². The summed E-state index contributed by atoms with van der Waals surface area (Å²) in [4.78, 5) is 36.0. The molecule has 0 saturated heterocycles. The summed E-state index contributed by atoms with van der Waals surface area (Å²) in [5.41, 5.74) is 3.14. The maximum absolute atomic E-state index is 12.4. The monoisotopic (exact) mass is 382 g/mol. The molecule has 0 radical (unpaired) electrons. The van der Waals surface area contributed by atoms with Crippen LogP contribution in [0.5, 0.6) is 5.75 Å². The van der Waals surface area contributed by atoms with Crippen LogP contribution < -0.4 is 15.4 Å². The number of hydrogen-bond donors (Lipinski definition) is 2. The van der Waals surface area contributed by atoms with Crippen LogP contribution in [-0.4, -0.2) is 30.7 Å². The van der Waals surface area contributed by atoms with Gasteiger partial charge in [-0.05, 0) is 44.5 Å². The van der Waals surface area contributed by atoms with Crippen molar-refractivity contribution in [2.45, 2.75) is 33.6 Å². The van der Waals surface area contributed by atoms with E-state index in [-0.39, 0.29) is 37.0 Å². The van der Waals surface area contributed by atoms with E-state index in [9.17, 15) is 14.4 Å². The minimum atomic E-state index is -0.250. The minimum Gasteiger partial charge on any atom is -0.484 e. The van der Waals surface area contributed by atoms with E-state index < -0.39 is 0 Å². The molecule has 2 aromatic carbocycles. The van der Waals surface area contributed by atoms with Crippen LogP contribution >= 0.6 is 0 Å². The fourth-order valence-corrected chi connectivity index (χ4v) is 2.68. The highest BCUT2D eigenvalue weighted by atomic mass is 16.5. The molecule has 0 unspecified atom stereocenters. The van der Waals surface area contributed by atoms with Gasteiger partial charge in [0.25, 0.3) is 5.91 Å². The number of Topliss-reactive ketones (excluding diaryl/α,β-unsaturated/α-hetero) is 1. The predicted molar refractivity (Wildman–Crippen MR) is 109 cm³/mol. The number of hydrogen-bond acceptors (Lipinski definition) is 4. The predicted octanol–water partition coefficient (Wildman–Crippen LogP) is 3.42. The van der Waals surface area contributed by atoms with Gasteiger partial charge in [0, 0.05) is 36.7 Å². The molecule has 0 saturated carbocycles. The Morgan fingerprint density at radius 1 is 0.964 bits per heavy atom. The Morgan fingerprint density at radius 2 is 1.75 bits per heavy atom. The van der Waals surface area contributed by atoms with E-state index in [0.29, 0.717) is 23.5 Å². The third-order valence-corrected chi connectivity index (χ3v) is 4.13. The summed E-state index contributed by atoms with van der Waals surface area (Å²) < 4.78 is 5.41. The topological polar surface area (TPSA) is 84.5 Å². The van der Waals surface area contributed by atoms with Crippen LogP contribution in [0, 0.1) is 13.8 Å². The Labute approximate surface area is 165 Å². The van der Waals surface area contributed by atoms with Gasteiger partial charge in [-0.15, -0.1) is 0 Å². The smallest absolute Gasteiger partial charge is 0.257 e. The molecule has 0 aliphatic heterocycles. The first kappa shape index (κ1) is 21.2. The molecule has 0 aromatic heterocycles. The van der Waals surface area contributed by atoms with Crippen molar-refractivity contribution in [2.75, 3.05) is 18.5 Å². The second kappa shape index (κ2) is 10.3. The van der Waals surface area contributed by atoms with Crippen molar-refractivity contribution in [1.29, 1.82) is 0 Å². The van der Waals surface area contributed by atoms with Gasteiger partial charge in [0.1, 0.15) is 5.75 Å². The molecular formula is C22H26N2O4. The molecule has 0 atom stereocenters. The molecule has 148 valence electrons. The van der Waals surface area contributed by atoms with Crippen molar-refractivity contribution in [3.63, 3.8) is 0 Å². The van der Waals surface area contributed by atoms with Crippen molar-refractivity contribution in [2.24, 2.45) is 0 Å². The standard InChI is InChI=1S/C22H26N2O4/c1-4-23-22(27)14-28-18-7-5-6-17(13-18)24-21(26)11-10-20(25)19-12-15(2)8-9-16(19)3/h5-9,12-13H,4,10-11,14H2,1-3H3,(H,23,27)(H,24,26). The van der Waals surface area contributed by atoms with Crippen LogP contribution in [0.15, 0.2) is 42.5 Å². The number of carbonyl (C=O) groups is 3. The first-order valence-corrected chi connectivity index (χ1v) is 9.29. The number of anilines is 1. The quantitative estimate of drug-likeness (QED) is 0.651. The summed E-state index contributed by atoms with van der Waals surface area (Å²) in [6.45, 7) is 6.11. The maximum atomic E-state index is 12.4.